The lowest BCUT2D eigenvalue weighted by Crippen LogP contribution is -1.91. The van der Waals surface area contributed by atoms with E-state index in [1.54, 1.807) is 48.5 Å². The average molecular weight is 589 g/mol. The molecule has 0 aliphatic heterocycles. The molecule has 0 N–H and O–H groups in total. The van der Waals surface area contributed by atoms with Gasteiger partial charge in [-0.3, -0.25) is 0 Å². The highest BCUT2D eigenvalue weighted by molar-refractivity contribution is 6.21. The maximum absolute atomic E-state index is 9.27. The monoisotopic (exact) mass is 588 g/mol. The highest BCUT2D eigenvalue weighted by Crippen LogP contribution is 2.44. The smallest absolute Gasteiger partial charge is 0.135 e. The zero-order chi connectivity index (χ0) is 43.7. The number of para-hydroxylation sites is 1. The Morgan fingerprint density at radius 2 is 0.822 bits per heavy atom. The molecule has 0 unspecified atom stereocenters. The second-order valence-electron chi connectivity index (χ2n) is 10.4. The zero-order valence-electron chi connectivity index (χ0n) is 39.3. The molecule has 0 saturated heterocycles. The Labute approximate surface area is 284 Å². The predicted molar refractivity (Wildman–Crippen MR) is 190 cm³/mol. The first-order valence-electron chi connectivity index (χ1n) is 22.1. The molecule has 210 valence electrons. The third-order valence-corrected chi connectivity index (χ3v) is 7.90. The fourth-order valence-electron chi connectivity index (χ4n) is 5.90. The molecule has 0 aliphatic rings. The molecular formula is C44H28O. The van der Waals surface area contributed by atoms with Crippen LogP contribution in [0.15, 0.2) is 174 Å². The van der Waals surface area contributed by atoms with E-state index in [1.807, 2.05) is 24.3 Å². The lowest BCUT2D eigenvalue weighted by atomic mass is 9.85. The van der Waals surface area contributed by atoms with Crippen molar-refractivity contribution in [2.75, 3.05) is 0 Å². The molecule has 0 fully saturated rings. The van der Waals surface area contributed by atoms with Gasteiger partial charge in [0.1, 0.15) is 11.2 Å². The first-order chi connectivity index (χ1) is 29.0. The molecule has 0 radical (unpaired) electrons. The van der Waals surface area contributed by atoms with Gasteiger partial charge in [0.15, 0.2) is 0 Å². The Bertz CT molecular complexity index is 3310. The second-order valence-corrected chi connectivity index (χ2v) is 10.4. The van der Waals surface area contributed by atoms with Crippen LogP contribution in [0, 0.1) is 0 Å². The lowest BCUT2D eigenvalue weighted by molar-refractivity contribution is 0.669. The van der Waals surface area contributed by atoms with E-state index in [9.17, 15) is 4.11 Å². The Morgan fingerprint density at radius 3 is 1.49 bits per heavy atom. The van der Waals surface area contributed by atoms with Gasteiger partial charge >= 0.3 is 0 Å². The predicted octanol–water partition coefficient (Wildman–Crippen LogP) is 12.6. The molecule has 8 aromatic carbocycles. The van der Waals surface area contributed by atoms with Gasteiger partial charge in [0.2, 0.25) is 0 Å². The van der Waals surface area contributed by atoms with E-state index in [0.717, 1.165) is 5.56 Å². The van der Waals surface area contributed by atoms with Gasteiger partial charge in [-0.2, -0.15) is 0 Å². The van der Waals surface area contributed by atoms with E-state index in [-0.39, 0.29) is 51.2 Å². The normalized spacial score (nSPS) is 16.5. The molecule has 45 heavy (non-hydrogen) atoms. The van der Waals surface area contributed by atoms with Crippen LogP contribution in [0.4, 0.5) is 0 Å². The van der Waals surface area contributed by atoms with Crippen molar-refractivity contribution >= 4 is 43.5 Å². The number of rotatable bonds is 4. The Kier molecular flexibility index (Phi) is 3.28. The Balaban J connectivity index is 1.26. The molecule has 1 heterocycles. The van der Waals surface area contributed by atoms with Crippen molar-refractivity contribution in [2.45, 2.75) is 0 Å². The van der Waals surface area contributed by atoms with Gasteiger partial charge in [-0.05, 0) is 84.2 Å². The summed E-state index contributed by atoms with van der Waals surface area (Å²) in [6.07, 6.45) is 0. The number of fused-ring (bicyclic) bond motifs is 5. The van der Waals surface area contributed by atoms with E-state index in [0.29, 0.717) is 38.2 Å². The van der Waals surface area contributed by atoms with Crippen LogP contribution >= 0.6 is 0 Å². The van der Waals surface area contributed by atoms with Crippen LogP contribution in [0.3, 0.4) is 0 Å². The summed E-state index contributed by atoms with van der Waals surface area (Å²) in [5.41, 5.74) is 1.07. The molecule has 9 rings (SSSR count). The molecule has 0 amide bonds. The first-order valence-corrected chi connectivity index (χ1v) is 14.1. The van der Waals surface area contributed by atoms with Crippen LogP contribution in [0.25, 0.3) is 88.0 Å². The quantitative estimate of drug-likeness (QED) is 0.186. The molecule has 0 spiro atoms. The van der Waals surface area contributed by atoms with Crippen LogP contribution in [0.1, 0.15) is 21.9 Å². The van der Waals surface area contributed by atoms with Crippen LogP contribution in [-0.2, 0) is 0 Å². The fraction of sp³-hybridized carbons (Fsp3) is 0. The third-order valence-electron chi connectivity index (χ3n) is 7.90. The highest BCUT2D eigenvalue weighted by atomic mass is 16.3. The van der Waals surface area contributed by atoms with Crippen molar-refractivity contribution in [3.8, 4) is 44.5 Å². The fourth-order valence-corrected chi connectivity index (χ4v) is 5.90. The number of benzene rings is 8. The average Bonchev–Trinajstić information content (AvgIpc) is 3.68. The minimum absolute atomic E-state index is 0.00481. The van der Waals surface area contributed by atoms with Gasteiger partial charge in [-0.25, -0.2) is 0 Å². The zero-order valence-corrected chi connectivity index (χ0v) is 23.3. The van der Waals surface area contributed by atoms with E-state index in [1.165, 1.54) is 0 Å². The van der Waals surface area contributed by atoms with Crippen LogP contribution in [0.5, 0.6) is 0 Å². The molecule has 1 aromatic heterocycles. The van der Waals surface area contributed by atoms with Crippen LogP contribution in [-0.4, -0.2) is 0 Å². The second kappa shape index (κ2) is 10.4. The molecule has 1 heteroatoms. The SMILES string of the molecule is [2H]c1c([2H])c([2H])c(-c2c([2H])c([2H])c(-c3c4ccccc4c(-c4ccc(-c5c([2H])c([2H])c6oc7c([2H])c([2H])c([2H])c([2H])c7c6c5[2H])cc4)c4ccccc34)c([2H])c2[2H])c([2H])c1[2H]. The van der Waals surface area contributed by atoms with Gasteiger partial charge in [0.25, 0.3) is 0 Å². The van der Waals surface area contributed by atoms with Gasteiger partial charge < -0.3 is 4.42 Å². The summed E-state index contributed by atoms with van der Waals surface area (Å²) in [4.78, 5) is 0. The van der Waals surface area contributed by atoms with E-state index in [4.69, 9.17) is 22.2 Å². The van der Waals surface area contributed by atoms with Gasteiger partial charge in [-0.1, -0.05) is 151 Å². The first kappa shape index (κ1) is 14.2. The molecule has 9 aromatic rings. The van der Waals surface area contributed by atoms with Crippen molar-refractivity contribution in [3.63, 3.8) is 0 Å². The molecular weight excluding hydrogens is 544 g/mol. The summed E-state index contributed by atoms with van der Waals surface area (Å²) in [5, 5.41) is 2.50. The highest BCUT2D eigenvalue weighted by Gasteiger charge is 2.17. The minimum atomic E-state index is -0.662. The largest absolute Gasteiger partial charge is 0.456 e. The van der Waals surface area contributed by atoms with Crippen molar-refractivity contribution in [2.24, 2.45) is 0 Å². The van der Waals surface area contributed by atoms with E-state index < -0.39 is 89.7 Å². The number of hydrogen-bond acceptors (Lipinski definition) is 1. The number of furan rings is 1. The van der Waals surface area contributed by atoms with Crippen molar-refractivity contribution in [1.29, 1.82) is 0 Å². The van der Waals surface area contributed by atoms with Crippen molar-refractivity contribution in [3.05, 3.63) is 169 Å². The number of hydrogen-bond donors (Lipinski definition) is 0. The van der Waals surface area contributed by atoms with Gasteiger partial charge in [-0.15, -0.1) is 0 Å². The molecule has 0 atom stereocenters. The summed E-state index contributed by atoms with van der Waals surface area (Å²) < 4.78 is 144. The molecule has 0 aliphatic carbocycles. The lowest BCUT2D eigenvalue weighted by Gasteiger charge is -2.18. The molecule has 0 saturated carbocycles. The summed E-state index contributed by atoms with van der Waals surface area (Å²) in [6.45, 7) is 0. The van der Waals surface area contributed by atoms with Crippen LogP contribution < -0.4 is 0 Å². The van der Waals surface area contributed by atoms with E-state index in [2.05, 4.69) is 0 Å². The van der Waals surface area contributed by atoms with Crippen molar-refractivity contribution in [1.82, 2.24) is 0 Å². The topological polar surface area (TPSA) is 13.1 Å². The summed E-state index contributed by atoms with van der Waals surface area (Å²) in [6, 6.07) is 13.4. The third kappa shape index (κ3) is 4.24. The summed E-state index contributed by atoms with van der Waals surface area (Å²) >= 11 is 0. The molecule has 0 bridgehead atoms. The summed E-state index contributed by atoms with van der Waals surface area (Å²) in [5.74, 6) is 0. The van der Waals surface area contributed by atoms with Crippen molar-refractivity contribution < 1.29 is 26.3 Å². The minimum Gasteiger partial charge on any atom is -0.456 e. The van der Waals surface area contributed by atoms with E-state index >= 15 is 0 Å². The van der Waals surface area contributed by atoms with Gasteiger partial charge in [0, 0.05) is 10.8 Å². The van der Waals surface area contributed by atoms with Gasteiger partial charge in [0.05, 0.1) is 21.9 Å². The standard InChI is InChI=1S/C44H28O/c1-2-10-29(11-3-1)30-18-22-32(23-19-30)43-36-13-4-6-15-38(36)44(39-16-7-5-14-37(39)43)33-24-20-31(21-25-33)34-26-27-42-40(28-34)35-12-8-9-17-41(35)45-42/h1-28H/i1D,2D,3D,8D,9D,10D,11D,12D,17D,18D,19D,22D,23D,26D,27D,28D. The Morgan fingerprint density at radius 1 is 0.333 bits per heavy atom. The Hall–Kier alpha value is -5.92. The maximum atomic E-state index is 9.27. The maximum Gasteiger partial charge on any atom is 0.135 e. The summed E-state index contributed by atoms with van der Waals surface area (Å²) in [7, 11) is 0. The van der Waals surface area contributed by atoms with Crippen LogP contribution in [0.2, 0.25) is 0 Å². The molecule has 1 nitrogen and oxygen atoms in total.